The van der Waals surface area contributed by atoms with E-state index in [0.29, 0.717) is 30.8 Å². The van der Waals surface area contributed by atoms with Gasteiger partial charge >= 0.3 is 0 Å². The van der Waals surface area contributed by atoms with E-state index in [2.05, 4.69) is 0 Å². The Morgan fingerprint density at radius 2 is 2.05 bits per heavy atom. The average Bonchev–Trinajstić information content (AvgIpc) is 2.43. The van der Waals surface area contributed by atoms with E-state index in [0.717, 1.165) is 0 Å². The lowest BCUT2D eigenvalue weighted by Gasteiger charge is -2.31. The van der Waals surface area contributed by atoms with Crippen LogP contribution in [-0.2, 0) is 0 Å². The summed E-state index contributed by atoms with van der Waals surface area (Å²) in [6.07, 6.45) is 0. The first kappa shape index (κ1) is 17.1. The van der Waals surface area contributed by atoms with Crippen LogP contribution in [0.5, 0.6) is 0 Å². The second-order valence-electron chi connectivity index (χ2n) is 5.95. The molecule has 2 N–H and O–H groups in total. The predicted octanol–water partition coefficient (Wildman–Crippen LogP) is 2.35. The third-order valence-corrected chi connectivity index (χ3v) is 3.48. The van der Waals surface area contributed by atoms with Crippen molar-refractivity contribution in [1.29, 1.82) is 0 Å². The number of nitro benzene ring substituents is 1. The van der Waals surface area contributed by atoms with Gasteiger partial charge in [0, 0.05) is 30.3 Å². The van der Waals surface area contributed by atoms with Gasteiger partial charge in [-0.1, -0.05) is 13.8 Å². The molecule has 6 nitrogen and oxygen atoms in total. The molecular weight excluding hydrogens is 270 g/mol. The number of carbonyl (C=O) groups is 1. The molecule has 0 aromatic heterocycles. The van der Waals surface area contributed by atoms with Crippen molar-refractivity contribution >= 4 is 11.6 Å². The van der Waals surface area contributed by atoms with Crippen LogP contribution >= 0.6 is 0 Å². The average molecular weight is 293 g/mol. The number of nitro groups is 1. The molecular formula is C15H23N3O3. The number of benzene rings is 1. The summed E-state index contributed by atoms with van der Waals surface area (Å²) in [5.41, 5.74) is 6.52. The first-order chi connectivity index (χ1) is 9.71. The summed E-state index contributed by atoms with van der Waals surface area (Å²) in [4.78, 5) is 24.6. The van der Waals surface area contributed by atoms with Gasteiger partial charge in [-0.15, -0.1) is 0 Å². The highest BCUT2D eigenvalue weighted by Crippen LogP contribution is 2.21. The molecule has 21 heavy (non-hydrogen) atoms. The minimum atomic E-state index is -0.446. The van der Waals surface area contributed by atoms with E-state index in [1.807, 2.05) is 20.8 Å². The van der Waals surface area contributed by atoms with E-state index in [9.17, 15) is 14.9 Å². The minimum Gasteiger partial charge on any atom is -0.338 e. The second-order valence-corrected chi connectivity index (χ2v) is 5.95. The number of rotatable bonds is 6. The quantitative estimate of drug-likeness (QED) is 0.644. The SMILES string of the molecule is CCN(CC(C)(C)CN)C(=O)c1ccc([N+](=O)[O-])c(C)c1. The van der Waals surface area contributed by atoms with Crippen molar-refractivity contribution in [1.82, 2.24) is 4.90 Å². The van der Waals surface area contributed by atoms with Gasteiger partial charge < -0.3 is 10.6 Å². The van der Waals surface area contributed by atoms with Crippen molar-refractivity contribution in [3.63, 3.8) is 0 Å². The molecule has 0 aliphatic rings. The van der Waals surface area contributed by atoms with Gasteiger partial charge in [0.25, 0.3) is 11.6 Å². The summed E-state index contributed by atoms with van der Waals surface area (Å²) in [7, 11) is 0. The van der Waals surface area contributed by atoms with Crippen LogP contribution in [0.25, 0.3) is 0 Å². The van der Waals surface area contributed by atoms with Crippen molar-refractivity contribution in [2.45, 2.75) is 27.7 Å². The third-order valence-electron chi connectivity index (χ3n) is 3.48. The zero-order valence-corrected chi connectivity index (χ0v) is 13.0. The van der Waals surface area contributed by atoms with E-state index in [1.165, 1.54) is 12.1 Å². The Kier molecular flexibility index (Phi) is 5.43. The normalized spacial score (nSPS) is 11.3. The summed E-state index contributed by atoms with van der Waals surface area (Å²) < 4.78 is 0. The monoisotopic (exact) mass is 293 g/mol. The molecule has 1 aromatic carbocycles. The lowest BCUT2D eigenvalue weighted by molar-refractivity contribution is -0.385. The number of aryl methyl sites for hydroxylation is 1. The third kappa shape index (κ3) is 4.26. The fraction of sp³-hybridized carbons (Fsp3) is 0.533. The van der Waals surface area contributed by atoms with Crippen molar-refractivity contribution in [2.75, 3.05) is 19.6 Å². The van der Waals surface area contributed by atoms with Gasteiger partial charge in [0.2, 0.25) is 0 Å². The van der Waals surface area contributed by atoms with Gasteiger partial charge in [0.15, 0.2) is 0 Å². The van der Waals surface area contributed by atoms with Gasteiger partial charge in [-0.25, -0.2) is 0 Å². The zero-order valence-electron chi connectivity index (χ0n) is 13.0. The zero-order chi connectivity index (χ0) is 16.2. The molecule has 1 amide bonds. The highest BCUT2D eigenvalue weighted by molar-refractivity contribution is 5.94. The van der Waals surface area contributed by atoms with E-state index in [-0.39, 0.29) is 17.0 Å². The van der Waals surface area contributed by atoms with Crippen molar-refractivity contribution in [3.8, 4) is 0 Å². The van der Waals surface area contributed by atoms with Gasteiger partial charge in [-0.2, -0.15) is 0 Å². The van der Waals surface area contributed by atoms with Crippen LogP contribution in [0.1, 0.15) is 36.7 Å². The van der Waals surface area contributed by atoms with E-state index in [4.69, 9.17) is 5.73 Å². The smallest absolute Gasteiger partial charge is 0.272 e. The Balaban J connectivity index is 3.01. The predicted molar refractivity (Wildman–Crippen MR) is 82.2 cm³/mol. The molecule has 0 spiro atoms. The highest BCUT2D eigenvalue weighted by atomic mass is 16.6. The van der Waals surface area contributed by atoms with Gasteiger partial charge in [0.05, 0.1) is 4.92 Å². The van der Waals surface area contributed by atoms with Crippen LogP contribution in [0.15, 0.2) is 18.2 Å². The largest absolute Gasteiger partial charge is 0.338 e. The fourth-order valence-corrected chi connectivity index (χ4v) is 2.08. The molecule has 0 saturated heterocycles. The molecule has 0 unspecified atom stereocenters. The molecule has 0 aliphatic heterocycles. The Bertz CT molecular complexity index is 541. The van der Waals surface area contributed by atoms with Crippen LogP contribution < -0.4 is 5.73 Å². The van der Waals surface area contributed by atoms with E-state index < -0.39 is 4.92 Å². The Labute approximate surface area is 125 Å². The molecule has 0 saturated carbocycles. The summed E-state index contributed by atoms with van der Waals surface area (Å²) in [5.74, 6) is -0.128. The molecule has 0 atom stereocenters. The maximum Gasteiger partial charge on any atom is 0.272 e. The molecule has 0 bridgehead atoms. The lowest BCUT2D eigenvalue weighted by atomic mass is 9.92. The van der Waals surface area contributed by atoms with Crippen LogP contribution in [0, 0.1) is 22.5 Å². The molecule has 1 aromatic rings. The molecule has 0 fully saturated rings. The van der Waals surface area contributed by atoms with Crippen molar-refractivity contribution < 1.29 is 9.72 Å². The first-order valence-electron chi connectivity index (χ1n) is 6.96. The number of nitrogens with two attached hydrogens (primary N) is 1. The standard InChI is InChI=1S/C15H23N3O3/c1-5-17(10-15(3,4)9-16)14(19)12-6-7-13(18(20)21)11(2)8-12/h6-8H,5,9-10,16H2,1-4H3. The number of hydrogen-bond acceptors (Lipinski definition) is 4. The maximum absolute atomic E-state index is 12.5. The van der Waals surface area contributed by atoms with Gasteiger partial charge in [-0.3, -0.25) is 14.9 Å². The van der Waals surface area contributed by atoms with Crippen molar-refractivity contribution in [2.24, 2.45) is 11.1 Å². The number of hydrogen-bond donors (Lipinski definition) is 1. The summed E-state index contributed by atoms with van der Waals surface area (Å²) in [6.45, 7) is 9.15. The summed E-state index contributed by atoms with van der Waals surface area (Å²) in [6, 6.07) is 4.45. The number of amides is 1. The van der Waals surface area contributed by atoms with Crippen LogP contribution in [0.4, 0.5) is 5.69 Å². The second kappa shape index (κ2) is 6.67. The Morgan fingerprint density at radius 1 is 1.43 bits per heavy atom. The van der Waals surface area contributed by atoms with Crippen LogP contribution in [0.2, 0.25) is 0 Å². The van der Waals surface area contributed by atoms with Crippen LogP contribution in [0.3, 0.4) is 0 Å². The van der Waals surface area contributed by atoms with Crippen molar-refractivity contribution in [3.05, 3.63) is 39.4 Å². The fourth-order valence-electron chi connectivity index (χ4n) is 2.08. The first-order valence-corrected chi connectivity index (χ1v) is 6.96. The maximum atomic E-state index is 12.5. The summed E-state index contributed by atoms with van der Waals surface area (Å²) in [5, 5.41) is 10.8. The van der Waals surface area contributed by atoms with Gasteiger partial charge in [0.1, 0.15) is 0 Å². The summed E-state index contributed by atoms with van der Waals surface area (Å²) >= 11 is 0. The molecule has 0 aliphatic carbocycles. The molecule has 0 radical (unpaired) electrons. The van der Waals surface area contributed by atoms with E-state index in [1.54, 1.807) is 17.9 Å². The Hall–Kier alpha value is -1.95. The van der Waals surface area contributed by atoms with E-state index >= 15 is 0 Å². The number of carbonyl (C=O) groups excluding carboxylic acids is 1. The molecule has 116 valence electrons. The number of nitrogens with zero attached hydrogens (tertiary/aromatic N) is 2. The lowest BCUT2D eigenvalue weighted by Crippen LogP contribution is -2.42. The Morgan fingerprint density at radius 3 is 2.48 bits per heavy atom. The van der Waals surface area contributed by atoms with Gasteiger partial charge in [-0.05, 0) is 37.9 Å². The minimum absolute atomic E-state index is 0.0249. The highest BCUT2D eigenvalue weighted by Gasteiger charge is 2.24. The molecule has 1 rings (SSSR count). The van der Waals surface area contributed by atoms with Crippen LogP contribution in [-0.4, -0.2) is 35.4 Å². The topological polar surface area (TPSA) is 89.5 Å². The molecule has 0 heterocycles. The molecule has 6 heteroatoms.